The zero-order chi connectivity index (χ0) is 8.55. The van der Waals surface area contributed by atoms with E-state index < -0.39 is 5.91 Å². The van der Waals surface area contributed by atoms with Crippen LogP contribution in [0.4, 0.5) is 0 Å². The third-order valence-corrected chi connectivity index (χ3v) is 1.83. The first-order valence-electron chi connectivity index (χ1n) is 3.60. The van der Waals surface area contributed by atoms with Crippen LogP contribution in [-0.4, -0.2) is 17.8 Å². The number of allylic oxidation sites excluding steroid dienone is 2. The van der Waals surface area contributed by atoms with Gasteiger partial charge in [-0.15, -0.1) is 0 Å². The first-order valence-corrected chi connectivity index (χ1v) is 3.60. The molecule has 0 atom stereocenters. The van der Waals surface area contributed by atoms with Crippen molar-refractivity contribution in [1.29, 1.82) is 0 Å². The third-order valence-electron chi connectivity index (χ3n) is 1.83. The van der Waals surface area contributed by atoms with Crippen molar-refractivity contribution in [2.75, 3.05) is 0 Å². The summed E-state index contributed by atoms with van der Waals surface area (Å²) in [5, 5.41) is 7.58. The molecule has 0 unspecified atom stereocenters. The minimum atomic E-state index is -0.429. The van der Waals surface area contributed by atoms with Gasteiger partial charge in [0.2, 0.25) is 5.91 Å². The van der Waals surface area contributed by atoms with E-state index in [0.29, 0.717) is 5.57 Å². The van der Waals surface area contributed by atoms with Crippen molar-refractivity contribution < 1.29 is 4.79 Å². The molecule has 4 nitrogen and oxygen atoms in total. The van der Waals surface area contributed by atoms with Crippen molar-refractivity contribution in [2.45, 2.75) is 6.42 Å². The molecular weight excluding hydrogens is 154 g/mol. The average molecular weight is 161 g/mol. The van der Waals surface area contributed by atoms with Crippen molar-refractivity contribution in [3.63, 3.8) is 0 Å². The van der Waals surface area contributed by atoms with Gasteiger partial charge in [-0.1, -0.05) is 12.2 Å². The normalized spacial score (nSPS) is 19.5. The van der Waals surface area contributed by atoms with Gasteiger partial charge in [0.15, 0.2) is 0 Å². The van der Waals surface area contributed by atoms with Crippen LogP contribution in [0.15, 0.2) is 33.5 Å². The summed E-state index contributed by atoms with van der Waals surface area (Å²) in [7, 11) is 0. The van der Waals surface area contributed by atoms with Crippen molar-refractivity contribution in [3.05, 3.63) is 23.3 Å². The molecule has 1 aliphatic heterocycles. The van der Waals surface area contributed by atoms with Gasteiger partial charge < -0.3 is 5.73 Å². The number of amides is 1. The van der Waals surface area contributed by atoms with Crippen LogP contribution in [0.3, 0.4) is 0 Å². The van der Waals surface area contributed by atoms with Gasteiger partial charge >= 0.3 is 0 Å². The highest BCUT2D eigenvalue weighted by Gasteiger charge is 2.19. The van der Waals surface area contributed by atoms with Gasteiger partial charge in [0.05, 0.1) is 11.9 Å². The molecule has 2 rings (SSSR count). The molecule has 0 spiro atoms. The molecule has 1 aliphatic carbocycles. The Labute approximate surface area is 69.2 Å². The Morgan fingerprint density at radius 2 is 2.42 bits per heavy atom. The Morgan fingerprint density at radius 3 is 3.17 bits per heavy atom. The van der Waals surface area contributed by atoms with E-state index >= 15 is 0 Å². The van der Waals surface area contributed by atoms with E-state index in [-0.39, 0.29) is 0 Å². The van der Waals surface area contributed by atoms with Gasteiger partial charge in [-0.2, -0.15) is 10.2 Å². The molecular formula is C8H7N3O. The summed E-state index contributed by atoms with van der Waals surface area (Å²) in [4.78, 5) is 10.9. The Bertz CT molecular complexity index is 360. The van der Waals surface area contributed by atoms with Crippen molar-refractivity contribution >= 4 is 17.8 Å². The van der Waals surface area contributed by atoms with Gasteiger partial charge in [0.1, 0.15) is 0 Å². The Balaban J connectivity index is 2.53. The molecule has 0 saturated carbocycles. The van der Waals surface area contributed by atoms with Crippen LogP contribution < -0.4 is 5.73 Å². The van der Waals surface area contributed by atoms with Crippen LogP contribution in [-0.2, 0) is 4.79 Å². The minimum absolute atomic E-state index is 0.429. The number of fused-ring (bicyclic) bond motifs is 1. The number of carbonyl (C=O) groups excluding carboxylic acids is 1. The van der Waals surface area contributed by atoms with Crippen LogP contribution >= 0.6 is 0 Å². The summed E-state index contributed by atoms with van der Waals surface area (Å²) in [5.41, 5.74) is 7.25. The molecule has 12 heavy (non-hydrogen) atoms. The maximum atomic E-state index is 10.9. The highest BCUT2D eigenvalue weighted by atomic mass is 16.1. The molecule has 2 N–H and O–H groups in total. The maximum absolute atomic E-state index is 10.9. The zero-order valence-electron chi connectivity index (χ0n) is 6.32. The summed E-state index contributed by atoms with van der Waals surface area (Å²) in [5.74, 6) is -0.429. The molecule has 0 bridgehead atoms. The highest BCUT2D eigenvalue weighted by molar-refractivity contribution is 6.24. The van der Waals surface area contributed by atoms with Gasteiger partial charge in [0.25, 0.3) is 0 Å². The fraction of sp³-hybridized carbons (Fsp3) is 0.125. The predicted octanol–water partition coefficient (Wildman–Crippen LogP) is 0.169. The molecule has 0 radical (unpaired) electrons. The number of nitrogens with two attached hydrogens (primary N) is 1. The van der Waals surface area contributed by atoms with E-state index in [9.17, 15) is 4.79 Å². The van der Waals surface area contributed by atoms with Crippen molar-refractivity contribution in [1.82, 2.24) is 0 Å². The highest BCUT2D eigenvalue weighted by Crippen LogP contribution is 2.18. The predicted molar refractivity (Wildman–Crippen MR) is 45.9 cm³/mol. The Kier molecular flexibility index (Phi) is 1.40. The molecule has 0 aromatic heterocycles. The smallest absolute Gasteiger partial charge is 0.249 e. The fourth-order valence-corrected chi connectivity index (χ4v) is 1.25. The lowest BCUT2D eigenvalue weighted by atomic mass is 9.97. The average Bonchev–Trinajstić information content (AvgIpc) is 2.49. The fourth-order valence-electron chi connectivity index (χ4n) is 1.25. The van der Waals surface area contributed by atoms with Crippen LogP contribution in [0.25, 0.3) is 0 Å². The van der Waals surface area contributed by atoms with Crippen LogP contribution in [0.1, 0.15) is 6.42 Å². The molecule has 4 heteroatoms. The number of nitrogens with zero attached hydrogens (tertiary/aromatic N) is 2. The largest absolute Gasteiger partial charge is 0.366 e. The monoisotopic (exact) mass is 161 g/mol. The third kappa shape index (κ3) is 0.887. The lowest BCUT2D eigenvalue weighted by Gasteiger charge is -2.07. The first-order chi connectivity index (χ1) is 5.79. The molecule has 0 fully saturated rings. The molecule has 0 aromatic carbocycles. The second-order valence-corrected chi connectivity index (χ2v) is 2.59. The molecule has 2 aliphatic rings. The second-order valence-electron chi connectivity index (χ2n) is 2.59. The SMILES string of the molecule is NC(=O)C1=C2C=NN=C2CC=C1. The molecule has 1 heterocycles. The lowest BCUT2D eigenvalue weighted by molar-refractivity contribution is -0.114. The zero-order valence-corrected chi connectivity index (χ0v) is 6.32. The van der Waals surface area contributed by atoms with Gasteiger partial charge in [-0.05, 0) is 0 Å². The van der Waals surface area contributed by atoms with Gasteiger partial charge in [-0.25, -0.2) is 0 Å². The van der Waals surface area contributed by atoms with Crippen LogP contribution in [0.5, 0.6) is 0 Å². The van der Waals surface area contributed by atoms with Gasteiger partial charge in [0, 0.05) is 17.6 Å². The van der Waals surface area contributed by atoms with E-state index in [1.54, 1.807) is 12.3 Å². The summed E-state index contributed by atoms with van der Waals surface area (Å²) >= 11 is 0. The van der Waals surface area contributed by atoms with Crippen molar-refractivity contribution in [3.8, 4) is 0 Å². The molecule has 0 aromatic rings. The second kappa shape index (κ2) is 2.41. The first kappa shape index (κ1) is 6.97. The Hall–Kier alpha value is -1.71. The number of primary amides is 1. The summed E-state index contributed by atoms with van der Waals surface area (Å²) < 4.78 is 0. The standard InChI is InChI=1S/C8H7N3O/c9-8(12)5-2-1-3-7-6(5)4-10-11-7/h1-2,4H,3H2,(H2,9,12). The lowest BCUT2D eigenvalue weighted by Crippen LogP contribution is -2.19. The molecule has 1 amide bonds. The number of carbonyl (C=O) groups is 1. The van der Waals surface area contributed by atoms with Gasteiger partial charge in [-0.3, -0.25) is 4.79 Å². The number of hydrogen-bond acceptors (Lipinski definition) is 3. The topological polar surface area (TPSA) is 67.8 Å². The van der Waals surface area contributed by atoms with E-state index in [1.807, 2.05) is 6.08 Å². The van der Waals surface area contributed by atoms with E-state index in [0.717, 1.165) is 17.7 Å². The summed E-state index contributed by atoms with van der Waals surface area (Å²) in [6.07, 6.45) is 5.87. The number of hydrogen-bond donors (Lipinski definition) is 1. The number of rotatable bonds is 1. The van der Waals surface area contributed by atoms with E-state index in [1.165, 1.54) is 0 Å². The summed E-state index contributed by atoms with van der Waals surface area (Å²) in [6.45, 7) is 0. The van der Waals surface area contributed by atoms with Crippen LogP contribution in [0, 0.1) is 0 Å². The maximum Gasteiger partial charge on any atom is 0.249 e. The van der Waals surface area contributed by atoms with Crippen LogP contribution in [0.2, 0.25) is 0 Å². The van der Waals surface area contributed by atoms with E-state index in [4.69, 9.17) is 5.73 Å². The van der Waals surface area contributed by atoms with Crippen molar-refractivity contribution in [2.24, 2.45) is 15.9 Å². The Morgan fingerprint density at radius 1 is 1.58 bits per heavy atom. The minimum Gasteiger partial charge on any atom is -0.366 e. The summed E-state index contributed by atoms with van der Waals surface area (Å²) in [6, 6.07) is 0. The quantitative estimate of drug-likeness (QED) is 0.585. The van der Waals surface area contributed by atoms with E-state index in [2.05, 4.69) is 10.2 Å². The molecule has 0 saturated heterocycles. The molecule has 60 valence electrons.